The summed E-state index contributed by atoms with van der Waals surface area (Å²) in [6, 6.07) is 23.3. The van der Waals surface area contributed by atoms with Gasteiger partial charge in [0.2, 0.25) is 0 Å². The molecular formula is C23H25N3O3. The molecule has 0 fully saturated rings. The van der Waals surface area contributed by atoms with Gasteiger partial charge < -0.3 is 25.3 Å². The van der Waals surface area contributed by atoms with Gasteiger partial charge in [0.15, 0.2) is 17.5 Å². The first-order valence-corrected chi connectivity index (χ1v) is 9.23. The zero-order valence-corrected chi connectivity index (χ0v) is 16.6. The van der Waals surface area contributed by atoms with Crippen molar-refractivity contribution in [2.45, 2.75) is 13.2 Å². The highest BCUT2D eigenvalue weighted by Gasteiger charge is 2.07. The van der Waals surface area contributed by atoms with E-state index < -0.39 is 0 Å². The maximum Gasteiger partial charge on any atom is 0.193 e. The standard InChI is InChI=1S/C23H25N3O3/c1-27-20-11-7-6-10-19(20)26-23(24)25-15-18-12-13-21(22(14-18)28-2)29-16-17-8-4-3-5-9-17/h3-14H,15-16H2,1-2H3,(H3,24,25,26). The van der Waals surface area contributed by atoms with Crippen LogP contribution in [-0.2, 0) is 13.2 Å². The van der Waals surface area contributed by atoms with Crippen LogP contribution in [0.5, 0.6) is 17.2 Å². The quantitative estimate of drug-likeness (QED) is 0.444. The Kier molecular flexibility index (Phi) is 6.95. The molecule has 3 aromatic rings. The van der Waals surface area contributed by atoms with Crippen LogP contribution in [0.2, 0.25) is 0 Å². The fourth-order valence-electron chi connectivity index (χ4n) is 2.77. The van der Waals surface area contributed by atoms with Crippen molar-refractivity contribution in [1.29, 1.82) is 0 Å². The van der Waals surface area contributed by atoms with Crippen LogP contribution < -0.4 is 25.3 Å². The molecule has 0 heterocycles. The number of nitrogens with zero attached hydrogens (tertiary/aromatic N) is 1. The second-order valence-electron chi connectivity index (χ2n) is 6.29. The Bertz CT molecular complexity index is 959. The summed E-state index contributed by atoms with van der Waals surface area (Å²) < 4.78 is 16.7. The zero-order valence-electron chi connectivity index (χ0n) is 16.6. The maximum atomic E-state index is 6.02. The van der Waals surface area contributed by atoms with E-state index in [-0.39, 0.29) is 0 Å². The molecule has 0 atom stereocenters. The van der Waals surface area contributed by atoms with Gasteiger partial charge in [0.1, 0.15) is 12.4 Å². The summed E-state index contributed by atoms with van der Waals surface area (Å²) >= 11 is 0. The molecule has 0 aliphatic rings. The molecule has 29 heavy (non-hydrogen) atoms. The van der Waals surface area contributed by atoms with Crippen molar-refractivity contribution in [3.05, 3.63) is 83.9 Å². The Morgan fingerprint density at radius 2 is 1.55 bits per heavy atom. The predicted octanol–water partition coefficient (Wildman–Crippen LogP) is 4.21. The average molecular weight is 391 g/mol. The number of anilines is 1. The normalized spacial score (nSPS) is 11.0. The molecule has 0 aromatic heterocycles. The molecule has 3 aromatic carbocycles. The van der Waals surface area contributed by atoms with Crippen molar-refractivity contribution in [3.63, 3.8) is 0 Å². The number of hydrogen-bond acceptors (Lipinski definition) is 4. The first-order chi connectivity index (χ1) is 14.2. The second kappa shape index (κ2) is 10.0. The van der Waals surface area contributed by atoms with Crippen molar-refractivity contribution in [1.82, 2.24) is 0 Å². The number of benzene rings is 3. The predicted molar refractivity (Wildman–Crippen MR) is 116 cm³/mol. The Balaban J connectivity index is 1.64. The summed E-state index contributed by atoms with van der Waals surface area (Å²) in [6.07, 6.45) is 0. The molecular weight excluding hydrogens is 366 g/mol. The van der Waals surface area contributed by atoms with Gasteiger partial charge in [-0.1, -0.05) is 48.5 Å². The molecule has 6 nitrogen and oxygen atoms in total. The van der Waals surface area contributed by atoms with E-state index in [0.29, 0.717) is 36.4 Å². The zero-order chi connectivity index (χ0) is 20.5. The van der Waals surface area contributed by atoms with Gasteiger partial charge in [0, 0.05) is 0 Å². The molecule has 0 saturated carbocycles. The largest absolute Gasteiger partial charge is 0.495 e. The van der Waals surface area contributed by atoms with Gasteiger partial charge in [-0.25, -0.2) is 4.99 Å². The molecule has 3 N–H and O–H groups in total. The Hall–Kier alpha value is -3.67. The monoisotopic (exact) mass is 391 g/mol. The van der Waals surface area contributed by atoms with Crippen molar-refractivity contribution < 1.29 is 14.2 Å². The van der Waals surface area contributed by atoms with E-state index >= 15 is 0 Å². The van der Waals surface area contributed by atoms with E-state index in [1.165, 1.54) is 0 Å². The van der Waals surface area contributed by atoms with Crippen LogP contribution in [0, 0.1) is 0 Å². The van der Waals surface area contributed by atoms with Crippen LogP contribution in [0.3, 0.4) is 0 Å². The first-order valence-electron chi connectivity index (χ1n) is 9.23. The van der Waals surface area contributed by atoms with E-state index in [0.717, 1.165) is 16.8 Å². The lowest BCUT2D eigenvalue weighted by molar-refractivity contribution is 0.284. The number of ether oxygens (including phenoxy) is 3. The number of hydrogen-bond donors (Lipinski definition) is 2. The van der Waals surface area contributed by atoms with Crippen molar-refractivity contribution in [2.75, 3.05) is 19.5 Å². The number of para-hydroxylation sites is 2. The van der Waals surface area contributed by atoms with Crippen LogP contribution >= 0.6 is 0 Å². The number of guanidine groups is 1. The fourth-order valence-corrected chi connectivity index (χ4v) is 2.77. The van der Waals surface area contributed by atoms with Crippen LogP contribution in [-0.4, -0.2) is 20.2 Å². The Labute approximate surface area is 170 Å². The number of rotatable bonds is 8. The number of nitrogens with two attached hydrogens (primary N) is 1. The summed E-state index contributed by atoms with van der Waals surface area (Å²) in [5, 5.41) is 3.06. The van der Waals surface area contributed by atoms with E-state index in [4.69, 9.17) is 19.9 Å². The molecule has 150 valence electrons. The lowest BCUT2D eigenvalue weighted by Crippen LogP contribution is -2.22. The topological polar surface area (TPSA) is 78.1 Å². The molecule has 6 heteroatoms. The van der Waals surface area contributed by atoms with Crippen molar-refractivity contribution in [2.24, 2.45) is 10.7 Å². The smallest absolute Gasteiger partial charge is 0.193 e. The van der Waals surface area contributed by atoms with Gasteiger partial charge in [-0.05, 0) is 35.4 Å². The van der Waals surface area contributed by atoms with E-state index in [2.05, 4.69) is 10.3 Å². The summed E-state index contributed by atoms with van der Waals surface area (Å²) in [5.74, 6) is 2.35. The minimum atomic E-state index is 0.304. The third kappa shape index (κ3) is 5.65. The van der Waals surface area contributed by atoms with Gasteiger partial charge in [0.05, 0.1) is 26.5 Å². The minimum Gasteiger partial charge on any atom is -0.495 e. The van der Waals surface area contributed by atoms with E-state index in [1.807, 2.05) is 72.8 Å². The molecule has 0 radical (unpaired) electrons. The van der Waals surface area contributed by atoms with Gasteiger partial charge >= 0.3 is 0 Å². The highest BCUT2D eigenvalue weighted by Crippen LogP contribution is 2.29. The van der Waals surface area contributed by atoms with Crippen LogP contribution in [0.25, 0.3) is 0 Å². The minimum absolute atomic E-state index is 0.304. The average Bonchev–Trinajstić information content (AvgIpc) is 2.77. The third-order valence-electron chi connectivity index (χ3n) is 4.27. The molecule has 0 unspecified atom stereocenters. The Morgan fingerprint density at radius 1 is 0.828 bits per heavy atom. The second-order valence-corrected chi connectivity index (χ2v) is 6.29. The molecule has 0 amide bonds. The summed E-state index contributed by atoms with van der Waals surface area (Å²) in [7, 11) is 3.23. The van der Waals surface area contributed by atoms with Gasteiger partial charge in [-0.2, -0.15) is 0 Å². The van der Waals surface area contributed by atoms with Crippen LogP contribution in [0.1, 0.15) is 11.1 Å². The lowest BCUT2D eigenvalue weighted by Gasteiger charge is -2.12. The van der Waals surface area contributed by atoms with E-state index in [1.54, 1.807) is 14.2 Å². The highest BCUT2D eigenvalue weighted by atomic mass is 16.5. The molecule has 3 rings (SSSR count). The number of methoxy groups -OCH3 is 2. The third-order valence-corrected chi connectivity index (χ3v) is 4.27. The van der Waals surface area contributed by atoms with Crippen LogP contribution in [0.4, 0.5) is 5.69 Å². The van der Waals surface area contributed by atoms with Crippen LogP contribution in [0.15, 0.2) is 77.8 Å². The van der Waals surface area contributed by atoms with Crippen molar-refractivity contribution >= 4 is 11.6 Å². The van der Waals surface area contributed by atoms with Crippen molar-refractivity contribution in [3.8, 4) is 17.2 Å². The lowest BCUT2D eigenvalue weighted by atomic mass is 10.2. The summed E-state index contributed by atoms with van der Waals surface area (Å²) in [6.45, 7) is 0.883. The van der Waals surface area contributed by atoms with Gasteiger partial charge in [-0.15, -0.1) is 0 Å². The van der Waals surface area contributed by atoms with Gasteiger partial charge in [0.25, 0.3) is 0 Å². The molecule has 0 bridgehead atoms. The highest BCUT2D eigenvalue weighted by molar-refractivity contribution is 5.93. The number of nitrogens with one attached hydrogen (secondary N) is 1. The molecule has 0 saturated heterocycles. The fraction of sp³-hybridized carbons (Fsp3) is 0.174. The molecule has 0 spiro atoms. The summed E-state index contributed by atoms with van der Waals surface area (Å²) in [5.41, 5.74) is 8.83. The SMILES string of the molecule is COc1ccccc1NC(N)=NCc1ccc(OCc2ccccc2)c(OC)c1. The molecule has 0 aliphatic heterocycles. The molecule has 0 aliphatic carbocycles. The van der Waals surface area contributed by atoms with Gasteiger partial charge in [-0.3, -0.25) is 0 Å². The first kappa shape index (κ1) is 20.1. The maximum absolute atomic E-state index is 6.02. The number of aliphatic imine (C=N–C) groups is 1. The Morgan fingerprint density at radius 3 is 2.31 bits per heavy atom. The van der Waals surface area contributed by atoms with E-state index in [9.17, 15) is 0 Å². The summed E-state index contributed by atoms with van der Waals surface area (Å²) in [4.78, 5) is 4.40.